The van der Waals surface area contributed by atoms with Gasteiger partial charge < -0.3 is 20.4 Å². The lowest BCUT2D eigenvalue weighted by molar-refractivity contribution is -0.119. The highest BCUT2D eigenvalue weighted by Gasteiger charge is 2.25. The summed E-state index contributed by atoms with van der Waals surface area (Å²) in [5.41, 5.74) is 9.05. The number of piperidine rings is 1. The predicted molar refractivity (Wildman–Crippen MR) is 142 cm³/mol. The SMILES string of the molecule is Cn1c(Nc2ccc(Cl)cc2)nc2cc(Oc3ccnc(C(CC(N)=O)N4CCCCC4)c3)ccc21. The topological polar surface area (TPSA) is 98.3 Å². The van der Waals surface area contributed by atoms with Gasteiger partial charge in [0.2, 0.25) is 11.9 Å². The van der Waals surface area contributed by atoms with Gasteiger partial charge in [-0.2, -0.15) is 0 Å². The van der Waals surface area contributed by atoms with Gasteiger partial charge in [0.25, 0.3) is 0 Å². The smallest absolute Gasteiger partial charge is 0.219 e. The molecule has 8 nitrogen and oxygen atoms in total. The molecule has 186 valence electrons. The Bertz CT molecular complexity index is 1360. The number of aryl methyl sites for hydroxylation is 1. The van der Waals surface area contributed by atoms with E-state index in [1.807, 2.05) is 66.2 Å². The van der Waals surface area contributed by atoms with E-state index >= 15 is 0 Å². The highest BCUT2D eigenvalue weighted by atomic mass is 35.5. The average molecular weight is 505 g/mol. The van der Waals surface area contributed by atoms with Crippen LogP contribution in [-0.2, 0) is 11.8 Å². The number of carbonyl (C=O) groups is 1. The number of imidazole rings is 1. The molecule has 5 rings (SSSR count). The second-order valence-electron chi connectivity index (χ2n) is 9.08. The number of carbonyl (C=O) groups excluding carboxylic acids is 1. The highest BCUT2D eigenvalue weighted by Crippen LogP contribution is 2.31. The van der Waals surface area contributed by atoms with E-state index in [-0.39, 0.29) is 18.4 Å². The van der Waals surface area contributed by atoms with Crippen LogP contribution >= 0.6 is 11.6 Å². The molecular weight excluding hydrogens is 476 g/mol. The van der Waals surface area contributed by atoms with E-state index in [1.54, 1.807) is 6.20 Å². The molecule has 1 unspecified atom stereocenters. The summed E-state index contributed by atoms with van der Waals surface area (Å²) >= 11 is 5.99. The van der Waals surface area contributed by atoms with Gasteiger partial charge in [0.1, 0.15) is 11.5 Å². The van der Waals surface area contributed by atoms with Gasteiger partial charge in [-0.15, -0.1) is 0 Å². The summed E-state index contributed by atoms with van der Waals surface area (Å²) < 4.78 is 8.18. The number of halogens is 1. The van der Waals surface area contributed by atoms with Crippen molar-refractivity contribution in [3.63, 3.8) is 0 Å². The molecular formula is C27H29ClN6O2. The van der Waals surface area contributed by atoms with E-state index in [0.717, 1.165) is 48.3 Å². The maximum absolute atomic E-state index is 11.8. The van der Waals surface area contributed by atoms with Gasteiger partial charge in [-0.05, 0) is 68.4 Å². The number of ether oxygens (including phenoxy) is 1. The summed E-state index contributed by atoms with van der Waals surface area (Å²) in [5, 5.41) is 4.01. The molecule has 1 fully saturated rings. The third kappa shape index (κ3) is 5.45. The number of benzene rings is 2. The molecule has 4 aromatic rings. The van der Waals surface area contributed by atoms with Crippen molar-refractivity contribution < 1.29 is 9.53 Å². The van der Waals surface area contributed by atoms with Crippen LogP contribution in [0.1, 0.15) is 37.4 Å². The minimum absolute atomic E-state index is 0.147. The third-order valence-electron chi connectivity index (χ3n) is 6.51. The maximum Gasteiger partial charge on any atom is 0.219 e. The standard InChI is InChI=1S/C27H29ClN6O2/c1-33-24-10-9-20(16-23(24)32-27(33)31-19-7-5-18(28)6-8-19)36-21-11-12-30-22(15-21)25(17-26(29)35)34-13-3-2-4-14-34/h5-12,15-16,25H,2-4,13-14,17H2,1H3,(H2,29,35)(H,31,32). The molecule has 36 heavy (non-hydrogen) atoms. The Labute approximate surface area is 215 Å². The Balaban J connectivity index is 1.37. The van der Waals surface area contributed by atoms with Gasteiger partial charge in [0, 0.05) is 42.5 Å². The predicted octanol–water partition coefficient (Wildman–Crippen LogP) is 5.56. The number of nitrogens with zero attached hydrogens (tertiary/aromatic N) is 4. The molecule has 0 spiro atoms. The van der Waals surface area contributed by atoms with Crippen molar-refractivity contribution >= 4 is 40.2 Å². The third-order valence-corrected chi connectivity index (χ3v) is 6.76. The monoisotopic (exact) mass is 504 g/mol. The van der Waals surface area contributed by atoms with Crippen molar-refractivity contribution in [2.24, 2.45) is 12.8 Å². The lowest BCUT2D eigenvalue weighted by Gasteiger charge is -2.33. The fraction of sp³-hybridized carbons (Fsp3) is 0.296. The van der Waals surface area contributed by atoms with Crippen molar-refractivity contribution in [2.75, 3.05) is 18.4 Å². The number of anilines is 2. The van der Waals surface area contributed by atoms with Crippen molar-refractivity contribution in [3.8, 4) is 11.5 Å². The quantitative estimate of drug-likeness (QED) is 0.326. The number of rotatable bonds is 8. The molecule has 2 aromatic heterocycles. The first kappa shape index (κ1) is 24.1. The minimum Gasteiger partial charge on any atom is -0.457 e. The van der Waals surface area contributed by atoms with Crippen LogP contribution in [-0.4, -0.2) is 38.4 Å². The molecule has 0 aliphatic carbocycles. The van der Waals surface area contributed by atoms with Crippen LogP contribution in [0.2, 0.25) is 5.02 Å². The number of hydrogen-bond donors (Lipinski definition) is 2. The maximum atomic E-state index is 11.8. The number of fused-ring (bicyclic) bond motifs is 1. The number of likely N-dealkylation sites (tertiary alicyclic amines) is 1. The molecule has 0 saturated carbocycles. The second kappa shape index (κ2) is 10.6. The number of aromatic nitrogens is 3. The molecule has 1 aliphatic heterocycles. The summed E-state index contributed by atoms with van der Waals surface area (Å²) in [6, 6.07) is 16.9. The zero-order valence-electron chi connectivity index (χ0n) is 20.2. The molecule has 0 radical (unpaired) electrons. The van der Waals surface area contributed by atoms with Crippen LogP contribution in [0, 0.1) is 0 Å². The summed E-state index contributed by atoms with van der Waals surface area (Å²) in [5.74, 6) is 1.70. The summed E-state index contributed by atoms with van der Waals surface area (Å²) in [7, 11) is 1.96. The Kier molecular flexibility index (Phi) is 7.06. The normalized spacial score (nSPS) is 15.1. The van der Waals surface area contributed by atoms with E-state index in [1.165, 1.54) is 6.42 Å². The first-order valence-corrected chi connectivity index (χ1v) is 12.5. The first-order chi connectivity index (χ1) is 17.5. The first-order valence-electron chi connectivity index (χ1n) is 12.1. The lowest BCUT2D eigenvalue weighted by atomic mass is 10.0. The van der Waals surface area contributed by atoms with Crippen molar-refractivity contribution in [1.82, 2.24) is 19.4 Å². The Morgan fingerprint density at radius 2 is 1.83 bits per heavy atom. The summed E-state index contributed by atoms with van der Waals surface area (Å²) in [4.78, 5) is 23.4. The number of nitrogens with two attached hydrogens (primary N) is 1. The van der Waals surface area contributed by atoms with E-state index in [2.05, 4.69) is 15.2 Å². The zero-order chi connectivity index (χ0) is 25.1. The van der Waals surface area contributed by atoms with E-state index in [4.69, 9.17) is 27.1 Å². The second-order valence-corrected chi connectivity index (χ2v) is 9.51. The van der Waals surface area contributed by atoms with Crippen molar-refractivity contribution in [1.29, 1.82) is 0 Å². The molecule has 1 amide bonds. The summed E-state index contributed by atoms with van der Waals surface area (Å²) in [6.07, 6.45) is 5.40. The van der Waals surface area contributed by atoms with Gasteiger partial charge in [0.05, 0.1) is 22.8 Å². The average Bonchev–Trinajstić information content (AvgIpc) is 3.18. The van der Waals surface area contributed by atoms with Gasteiger partial charge in [-0.3, -0.25) is 14.7 Å². The van der Waals surface area contributed by atoms with Gasteiger partial charge in [0.15, 0.2) is 0 Å². The van der Waals surface area contributed by atoms with Crippen LogP contribution in [0.4, 0.5) is 11.6 Å². The molecule has 3 heterocycles. The molecule has 1 aliphatic rings. The zero-order valence-corrected chi connectivity index (χ0v) is 20.9. The minimum atomic E-state index is -0.331. The highest BCUT2D eigenvalue weighted by molar-refractivity contribution is 6.30. The Morgan fingerprint density at radius 3 is 2.58 bits per heavy atom. The van der Waals surface area contributed by atoms with Gasteiger partial charge in [-0.25, -0.2) is 4.98 Å². The van der Waals surface area contributed by atoms with Crippen molar-refractivity contribution in [3.05, 3.63) is 71.5 Å². The fourth-order valence-corrected chi connectivity index (χ4v) is 4.79. The number of nitrogens with one attached hydrogen (secondary N) is 1. The fourth-order valence-electron chi connectivity index (χ4n) is 4.67. The molecule has 2 aromatic carbocycles. The molecule has 1 saturated heterocycles. The molecule has 1 atom stereocenters. The van der Waals surface area contributed by atoms with Crippen LogP contribution in [0.5, 0.6) is 11.5 Å². The largest absolute Gasteiger partial charge is 0.457 e. The number of pyridine rings is 1. The van der Waals surface area contributed by atoms with Crippen LogP contribution in [0.3, 0.4) is 0 Å². The van der Waals surface area contributed by atoms with Crippen LogP contribution in [0.25, 0.3) is 11.0 Å². The Hall–Kier alpha value is -3.62. The molecule has 3 N–H and O–H groups in total. The molecule has 9 heteroatoms. The van der Waals surface area contributed by atoms with E-state index < -0.39 is 0 Å². The number of primary amides is 1. The van der Waals surface area contributed by atoms with Gasteiger partial charge >= 0.3 is 0 Å². The van der Waals surface area contributed by atoms with Gasteiger partial charge in [-0.1, -0.05) is 18.0 Å². The molecule has 0 bridgehead atoms. The van der Waals surface area contributed by atoms with Crippen molar-refractivity contribution in [2.45, 2.75) is 31.7 Å². The van der Waals surface area contributed by atoms with Crippen LogP contribution in [0.15, 0.2) is 60.8 Å². The van der Waals surface area contributed by atoms with E-state index in [9.17, 15) is 4.79 Å². The van der Waals surface area contributed by atoms with Crippen LogP contribution < -0.4 is 15.8 Å². The number of amides is 1. The van der Waals surface area contributed by atoms with E-state index in [0.29, 0.717) is 22.5 Å². The Morgan fingerprint density at radius 1 is 1.08 bits per heavy atom. The summed E-state index contributed by atoms with van der Waals surface area (Å²) in [6.45, 7) is 1.88. The lowest BCUT2D eigenvalue weighted by Crippen LogP contribution is -2.36. The number of hydrogen-bond acceptors (Lipinski definition) is 6.